The molecule has 0 unspecified atom stereocenters. The number of carbonyl (C=O) groups is 1. The number of hydrogen-bond acceptors (Lipinski definition) is 3. The number of hydrogen-bond donors (Lipinski definition) is 2. The van der Waals surface area contributed by atoms with Gasteiger partial charge in [-0.1, -0.05) is 25.4 Å². The van der Waals surface area contributed by atoms with Crippen molar-refractivity contribution in [3.8, 4) is 5.75 Å². The Hall–Kier alpha value is -1.13. The number of nitrogen functional groups attached to an aromatic ring is 1. The van der Waals surface area contributed by atoms with E-state index < -0.39 is 0 Å². The zero-order chi connectivity index (χ0) is 14.4. The molecule has 0 fully saturated rings. The van der Waals surface area contributed by atoms with E-state index in [1.165, 1.54) is 13.2 Å². The van der Waals surface area contributed by atoms with Gasteiger partial charge in [-0.05, 0) is 24.8 Å². The van der Waals surface area contributed by atoms with Crippen LogP contribution < -0.4 is 15.8 Å². The summed E-state index contributed by atoms with van der Waals surface area (Å²) in [5.74, 6) is 0.878. The summed E-state index contributed by atoms with van der Waals surface area (Å²) >= 11 is 5.93. The van der Waals surface area contributed by atoms with E-state index in [9.17, 15) is 4.79 Å². The van der Waals surface area contributed by atoms with Crippen LogP contribution in [-0.4, -0.2) is 19.6 Å². The maximum atomic E-state index is 12.0. The van der Waals surface area contributed by atoms with Gasteiger partial charge in [0.15, 0.2) is 0 Å². The molecule has 4 nitrogen and oxygen atoms in total. The van der Waals surface area contributed by atoms with Crippen molar-refractivity contribution < 1.29 is 9.53 Å². The average Bonchev–Trinajstić information content (AvgIpc) is 2.36. The maximum absolute atomic E-state index is 12.0. The van der Waals surface area contributed by atoms with Crippen LogP contribution in [0.3, 0.4) is 0 Å². The molecule has 0 aliphatic rings. The summed E-state index contributed by atoms with van der Waals surface area (Å²) in [6.45, 7) is 4.96. The van der Waals surface area contributed by atoms with Crippen LogP contribution in [0.1, 0.15) is 37.0 Å². The highest BCUT2D eigenvalue weighted by Gasteiger charge is 2.14. The number of nitrogens with two attached hydrogens (primary N) is 1. The molecule has 0 saturated carbocycles. The van der Waals surface area contributed by atoms with Crippen LogP contribution in [0.5, 0.6) is 5.75 Å². The Morgan fingerprint density at radius 2 is 2.10 bits per heavy atom. The Morgan fingerprint density at radius 3 is 2.65 bits per heavy atom. The second kappa shape index (κ2) is 8.93. The summed E-state index contributed by atoms with van der Waals surface area (Å²) < 4.78 is 5.15. The Bertz CT molecular complexity index is 451. The van der Waals surface area contributed by atoms with Crippen molar-refractivity contribution in [3.05, 3.63) is 22.7 Å². The number of halogens is 2. The SMILES string of the molecule is COc1cc(N)c(Cl)cc1C(=O)NCCCC(C)C.Cl. The largest absolute Gasteiger partial charge is 0.496 e. The van der Waals surface area contributed by atoms with Gasteiger partial charge >= 0.3 is 0 Å². The maximum Gasteiger partial charge on any atom is 0.255 e. The van der Waals surface area contributed by atoms with E-state index in [1.807, 2.05) is 0 Å². The molecule has 0 heterocycles. The third-order valence-electron chi connectivity index (χ3n) is 2.81. The van der Waals surface area contributed by atoms with Crippen molar-refractivity contribution in [1.29, 1.82) is 0 Å². The summed E-state index contributed by atoms with van der Waals surface area (Å²) in [4.78, 5) is 12.0. The molecule has 0 aliphatic carbocycles. The van der Waals surface area contributed by atoms with Gasteiger partial charge < -0.3 is 15.8 Å². The highest BCUT2D eigenvalue weighted by molar-refractivity contribution is 6.33. The lowest BCUT2D eigenvalue weighted by Crippen LogP contribution is -2.25. The van der Waals surface area contributed by atoms with Crippen molar-refractivity contribution in [2.75, 3.05) is 19.4 Å². The second-order valence-electron chi connectivity index (χ2n) is 4.87. The minimum atomic E-state index is -0.192. The number of amides is 1. The summed E-state index contributed by atoms with van der Waals surface area (Å²) in [5, 5.41) is 3.21. The molecular formula is C14H22Cl2N2O2. The smallest absolute Gasteiger partial charge is 0.255 e. The van der Waals surface area contributed by atoms with Crippen LogP contribution in [0.4, 0.5) is 5.69 Å². The first-order valence-corrected chi connectivity index (χ1v) is 6.74. The predicted octanol–water partition coefficient (Wildman–Crippen LogP) is 3.52. The number of methoxy groups -OCH3 is 1. The average molecular weight is 321 g/mol. The molecule has 114 valence electrons. The fourth-order valence-electron chi connectivity index (χ4n) is 1.72. The molecule has 0 atom stereocenters. The monoisotopic (exact) mass is 320 g/mol. The van der Waals surface area contributed by atoms with Crippen molar-refractivity contribution in [2.24, 2.45) is 5.92 Å². The zero-order valence-corrected chi connectivity index (χ0v) is 13.6. The van der Waals surface area contributed by atoms with E-state index in [0.717, 1.165) is 12.8 Å². The lowest BCUT2D eigenvalue weighted by Gasteiger charge is -2.11. The van der Waals surface area contributed by atoms with Gasteiger partial charge in [0.05, 0.1) is 23.4 Å². The molecule has 20 heavy (non-hydrogen) atoms. The van der Waals surface area contributed by atoms with E-state index in [0.29, 0.717) is 34.5 Å². The summed E-state index contributed by atoms with van der Waals surface area (Å²) in [7, 11) is 1.50. The minimum absolute atomic E-state index is 0. The predicted molar refractivity (Wildman–Crippen MR) is 86.1 cm³/mol. The number of benzene rings is 1. The zero-order valence-electron chi connectivity index (χ0n) is 12.0. The normalized spacial score (nSPS) is 10.1. The van der Waals surface area contributed by atoms with Gasteiger partial charge in [0.2, 0.25) is 0 Å². The molecule has 3 N–H and O–H groups in total. The van der Waals surface area contributed by atoms with Crippen LogP contribution in [0.2, 0.25) is 5.02 Å². The lowest BCUT2D eigenvalue weighted by atomic mass is 10.1. The van der Waals surface area contributed by atoms with Gasteiger partial charge in [0.25, 0.3) is 5.91 Å². The number of ether oxygens (including phenoxy) is 1. The molecule has 0 aliphatic heterocycles. The lowest BCUT2D eigenvalue weighted by molar-refractivity contribution is 0.0949. The van der Waals surface area contributed by atoms with Gasteiger partial charge in [0, 0.05) is 12.6 Å². The van der Waals surface area contributed by atoms with Gasteiger partial charge in [-0.25, -0.2) is 0 Å². The van der Waals surface area contributed by atoms with Crippen LogP contribution in [0.15, 0.2) is 12.1 Å². The quantitative estimate of drug-likeness (QED) is 0.622. The summed E-state index contributed by atoms with van der Waals surface area (Å²) in [6.07, 6.45) is 2.04. The summed E-state index contributed by atoms with van der Waals surface area (Å²) in [6, 6.07) is 3.10. The van der Waals surface area contributed by atoms with Crippen molar-refractivity contribution in [1.82, 2.24) is 5.32 Å². The van der Waals surface area contributed by atoms with Crippen LogP contribution in [0, 0.1) is 5.92 Å². The van der Waals surface area contributed by atoms with Gasteiger partial charge in [0.1, 0.15) is 5.75 Å². The van der Waals surface area contributed by atoms with Crippen LogP contribution in [-0.2, 0) is 0 Å². The highest BCUT2D eigenvalue weighted by Crippen LogP contribution is 2.28. The molecule has 6 heteroatoms. The van der Waals surface area contributed by atoms with E-state index in [2.05, 4.69) is 19.2 Å². The molecule has 1 aromatic carbocycles. The number of rotatable bonds is 6. The van der Waals surface area contributed by atoms with E-state index in [1.54, 1.807) is 6.07 Å². The number of carbonyl (C=O) groups excluding carboxylic acids is 1. The topological polar surface area (TPSA) is 64.3 Å². The van der Waals surface area contributed by atoms with Crippen molar-refractivity contribution >= 4 is 35.6 Å². The third-order valence-corrected chi connectivity index (χ3v) is 3.13. The molecule has 1 rings (SSSR count). The van der Waals surface area contributed by atoms with Crippen LogP contribution in [0.25, 0.3) is 0 Å². The minimum Gasteiger partial charge on any atom is -0.496 e. The first-order chi connectivity index (χ1) is 8.95. The van der Waals surface area contributed by atoms with Crippen molar-refractivity contribution in [2.45, 2.75) is 26.7 Å². The number of anilines is 1. The summed E-state index contributed by atoms with van der Waals surface area (Å²) in [5.41, 5.74) is 6.48. The Kier molecular flexibility index (Phi) is 8.42. The van der Waals surface area contributed by atoms with Gasteiger partial charge in [-0.3, -0.25) is 4.79 Å². The van der Waals surface area contributed by atoms with Crippen molar-refractivity contribution in [3.63, 3.8) is 0 Å². The number of nitrogens with one attached hydrogen (secondary N) is 1. The molecule has 1 amide bonds. The van der Waals surface area contributed by atoms with Gasteiger partial charge in [-0.15, -0.1) is 12.4 Å². The second-order valence-corrected chi connectivity index (χ2v) is 5.27. The fourth-order valence-corrected chi connectivity index (χ4v) is 1.89. The Morgan fingerprint density at radius 1 is 1.45 bits per heavy atom. The van der Waals surface area contributed by atoms with Crippen LogP contribution >= 0.6 is 24.0 Å². The molecular weight excluding hydrogens is 299 g/mol. The third kappa shape index (κ3) is 5.47. The Balaban J connectivity index is 0.00000361. The van der Waals surface area contributed by atoms with E-state index >= 15 is 0 Å². The first kappa shape index (κ1) is 18.9. The fraction of sp³-hybridized carbons (Fsp3) is 0.500. The molecule has 0 saturated heterocycles. The Labute approximate surface area is 131 Å². The molecule has 1 aromatic rings. The molecule has 0 spiro atoms. The van der Waals surface area contributed by atoms with E-state index in [-0.39, 0.29) is 18.3 Å². The molecule has 0 aromatic heterocycles. The standard InChI is InChI=1S/C14H21ClN2O2.ClH/c1-9(2)5-4-6-17-14(18)10-7-11(15)12(16)8-13(10)19-3;/h7-9H,4-6,16H2,1-3H3,(H,17,18);1H. The molecule has 0 radical (unpaired) electrons. The highest BCUT2D eigenvalue weighted by atomic mass is 35.5. The van der Waals surface area contributed by atoms with Gasteiger partial charge in [-0.2, -0.15) is 0 Å². The molecule has 0 bridgehead atoms. The first-order valence-electron chi connectivity index (χ1n) is 6.37. The van der Waals surface area contributed by atoms with E-state index in [4.69, 9.17) is 22.1 Å².